The molecule has 0 bridgehead atoms. The highest BCUT2D eigenvalue weighted by atomic mass is 35.5. The minimum absolute atomic E-state index is 0.0476. The summed E-state index contributed by atoms with van der Waals surface area (Å²) in [6.07, 6.45) is 4.96. The molecular weight excluding hydrogens is 556 g/mol. The van der Waals surface area contributed by atoms with Crippen molar-refractivity contribution in [1.82, 2.24) is 14.9 Å². The molecule has 2 aromatic carbocycles. The second-order valence-electron chi connectivity index (χ2n) is 11.1. The van der Waals surface area contributed by atoms with Crippen LogP contribution in [0, 0.1) is 22.0 Å². The van der Waals surface area contributed by atoms with Gasteiger partial charge in [0.25, 0.3) is 5.69 Å². The fraction of sp³-hybridized carbons (Fsp3) is 0.290. The summed E-state index contributed by atoms with van der Waals surface area (Å²) in [5, 5.41) is 16.0. The van der Waals surface area contributed by atoms with E-state index in [1.165, 1.54) is 18.6 Å². The third-order valence-electron chi connectivity index (χ3n) is 7.94. The molecule has 4 atom stereocenters. The third kappa shape index (κ3) is 5.27. The van der Waals surface area contributed by atoms with Gasteiger partial charge in [-0.1, -0.05) is 31.5 Å². The SMILES string of the molecule is CC1CC(C)CN(c2ccc(N3C(=S)NC(c4ccccn4)C3c3cccn3-c3ccc([N+](=O)[O-])cc3)cc2Cl)C1. The molecule has 0 aliphatic carbocycles. The molecule has 2 aromatic heterocycles. The van der Waals surface area contributed by atoms with E-state index in [0.29, 0.717) is 22.0 Å². The number of hydrogen-bond donors (Lipinski definition) is 1. The number of thiocarbonyl (C=S) groups is 1. The van der Waals surface area contributed by atoms with Gasteiger partial charge in [0.05, 0.1) is 27.4 Å². The number of nitro benzene ring substituents is 1. The Bertz CT molecular complexity index is 1570. The largest absolute Gasteiger partial charge is 0.370 e. The summed E-state index contributed by atoms with van der Waals surface area (Å²) in [7, 11) is 0. The molecule has 0 amide bonds. The number of halogens is 1. The van der Waals surface area contributed by atoms with Crippen LogP contribution in [0.4, 0.5) is 17.1 Å². The first-order valence-corrected chi connectivity index (χ1v) is 14.6. The lowest BCUT2D eigenvalue weighted by Gasteiger charge is -2.37. The van der Waals surface area contributed by atoms with E-state index < -0.39 is 4.92 Å². The maximum absolute atomic E-state index is 11.2. The van der Waals surface area contributed by atoms with Crippen LogP contribution in [0.5, 0.6) is 0 Å². The number of non-ortho nitro benzene ring substituents is 1. The average Bonchev–Trinajstić information content (AvgIpc) is 3.57. The van der Waals surface area contributed by atoms with Gasteiger partial charge in [-0.25, -0.2) is 0 Å². The van der Waals surface area contributed by atoms with Crippen LogP contribution in [-0.4, -0.2) is 32.7 Å². The Balaban J connectivity index is 1.41. The predicted molar refractivity (Wildman–Crippen MR) is 167 cm³/mol. The van der Waals surface area contributed by atoms with Gasteiger partial charge in [0.2, 0.25) is 0 Å². The second-order valence-corrected chi connectivity index (χ2v) is 11.9. The van der Waals surface area contributed by atoms with Crippen molar-refractivity contribution in [2.24, 2.45) is 11.8 Å². The first-order chi connectivity index (χ1) is 19.8. The number of anilines is 2. The molecule has 2 saturated heterocycles. The summed E-state index contributed by atoms with van der Waals surface area (Å²) in [6, 6.07) is 22.1. The topological polar surface area (TPSA) is 79.5 Å². The van der Waals surface area contributed by atoms with Crippen molar-refractivity contribution in [3.05, 3.63) is 112 Å². The van der Waals surface area contributed by atoms with Crippen LogP contribution in [0.3, 0.4) is 0 Å². The maximum Gasteiger partial charge on any atom is 0.269 e. The zero-order valence-electron chi connectivity index (χ0n) is 22.9. The lowest BCUT2D eigenvalue weighted by Crippen LogP contribution is -2.38. The fourth-order valence-electron chi connectivity index (χ4n) is 6.30. The lowest BCUT2D eigenvalue weighted by molar-refractivity contribution is -0.384. The van der Waals surface area contributed by atoms with Crippen LogP contribution in [0.1, 0.15) is 43.7 Å². The molecule has 210 valence electrons. The van der Waals surface area contributed by atoms with E-state index in [2.05, 4.69) is 52.1 Å². The van der Waals surface area contributed by atoms with Gasteiger partial charge < -0.3 is 19.7 Å². The maximum atomic E-state index is 11.2. The second kappa shape index (κ2) is 11.1. The van der Waals surface area contributed by atoms with E-state index in [1.807, 2.05) is 41.1 Å². The van der Waals surface area contributed by atoms with Gasteiger partial charge in [0.1, 0.15) is 6.04 Å². The predicted octanol–water partition coefficient (Wildman–Crippen LogP) is 7.09. The molecule has 0 saturated carbocycles. The summed E-state index contributed by atoms with van der Waals surface area (Å²) in [5.74, 6) is 1.22. The Kier molecular flexibility index (Phi) is 7.40. The highest BCUT2D eigenvalue weighted by Gasteiger charge is 2.42. The molecule has 10 heteroatoms. The number of nitrogens with one attached hydrogen (secondary N) is 1. The number of hydrogen-bond acceptors (Lipinski definition) is 5. The molecule has 8 nitrogen and oxygen atoms in total. The summed E-state index contributed by atoms with van der Waals surface area (Å²) >= 11 is 12.9. The minimum atomic E-state index is -0.392. The van der Waals surface area contributed by atoms with Crippen LogP contribution in [-0.2, 0) is 0 Å². The van der Waals surface area contributed by atoms with Crippen LogP contribution in [0.25, 0.3) is 5.69 Å². The van der Waals surface area contributed by atoms with Crippen molar-refractivity contribution in [2.45, 2.75) is 32.4 Å². The summed E-state index contributed by atoms with van der Waals surface area (Å²) < 4.78 is 2.04. The zero-order valence-corrected chi connectivity index (χ0v) is 24.4. The minimum Gasteiger partial charge on any atom is -0.370 e. The van der Waals surface area contributed by atoms with Crippen molar-refractivity contribution < 1.29 is 4.92 Å². The third-order valence-corrected chi connectivity index (χ3v) is 8.56. The summed E-state index contributed by atoms with van der Waals surface area (Å²) in [5.41, 5.74) is 4.60. The quantitative estimate of drug-likeness (QED) is 0.147. The molecular formula is C31H31ClN6O2S. The number of piperidine rings is 1. The van der Waals surface area contributed by atoms with E-state index >= 15 is 0 Å². The number of aromatic nitrogens is 2. The Morgan fingerprint density at radius 2 is 1.73 bits per heavy atom. The van der Waals surface area contributed by atoms with Crippen LogP contribution in [0.2, 0.25) is 5.02 Å². The van der Waals surface area contributed by atoms with Crippen LogP contribution >= 0.6 is 23.8 Å². The molecule has 2 fully saturated rings. The lowest BCUT2D eigenvalue weighted by atomic mass is 9.91. The highest BCUT2D eigenvalue weighted by Crippen LogP contribution is 2.44. The number of nitrogens with zero attached hydrogens (tertiary/aromatic N) is 5. The molecule has 6 rings (SSSR count). The first-order valence-electron chi connectivity index (χ1n) is 13.8. The van der Waals surface area contributed by atoms with Gasteiger partial charge in [0.15, 0.2) is 5.11 Å². The Morgan fingerprint density at radius 3 is 2.39 bits per heavy atom. The van der Waals surface area contributed by atoms with E-state index in [0.717, 1.165) is 41.5 Å². The van der Waals surface area contributed by atoms with Gasteiger partial charge >= 0.3 is 0 Å². The zero-order chi connectivity index (χ0) is 28.7. The molecule has 2 aliphatic heterocycles. The molecule has 4 heterocycles. The van der Waals surface area contributed by atoms with Gasteiger partial charge in [-0.15, -0.1) is 0 Å². The van der Waals surface area contributed by atoms with Crippen LogP contribution in [0.15, 0.2) is 85.2 Å². The van der Waals surface area contributed by atoms with E-state index in [9.17, 15) is 10.1 Å². The Labute approximate surface area is 249 Å². The van der Waals surface area contributed by atoms with E-state index in [4.69, 9.17) is 23.8 Å². The summed E-state index contributed by atoms with van der Waals surface area (Å²) in [4.78, 5) is 20.0. The molecule has 4 aromatic rings. The van der Waals surface area contributed by atoms with Crippen molar-refractivity contribution in [3.63, 3.8) is 0 Å². The number of nitro groups is 1. The molecule has 0 spiro atoms. The van der Waals surface area contributed by atoms with Crippen molar-refractivity contribution in [3.8, 4) is 5.69 Å². The molecule has 0 radical (unpaired) electrons. The summed E-state index contributed by atoms with van der Waals surface area (Å²) in [6.45, 7) is 6.56. The average molecular weight is 587 g/mol. The van der Waals surface area contributed by atoms with Gasteiger partial charge in [-0.05, 0) is 85.1 Å². The number of benzene rings is 2. The molecule has 2 aliphatic rings. The fourth-order valence-corrected chi connectivity index (χ4v) is 6.94. The molecule has 1 N–H and O–H groups in total. The Hall–Kier alpha value is -3.95. The monoisotopic (exact) mass is 586 g/mol. The Morgan fingerprint density at radius 1 is 1.00 bits per heavy atom. The first kappa shape index (κ1) is 27.2. The highest BCUT2D eigenvalue weighted by molar-refractivity contribution is 7.80. The van der Waals surface area contributed by atoms with Crippen molar-refractivity contribution in [1.29, 1.82) is 0 Å². The molecule has 41 heavy (non-hydrogen) atoms. The smallest absolute Gasteiger partial charge is 0.269 e. The van der Waals surface area contributed by atoms with Crippen LogP contribution < -0.4 is 15.1 Å². The van der Waals surface area contributed by atoms with Crippen molar-refractivity contribution in [2.75, 3.05) is 22.9 Å². The van der Waals surface area contributed by atoms with Gasteiger partial charge in [-0.2, -0.15) is 0 Å². The number of pyridine rings is 1. The van der Waals surface area contributed by atoms with Gasteiger partial charge in [0, 0.05) is 54.7 Å². The normalized spacial score (nSPS) is 22.6. The van der Waals surface area contributed by atoms with E-state index in [1.54, 1.807) is 18.3 Å². The molecule has 4 unspecified atom stereocenters. The van der Waals surface area contributed by atoms with E-state index in [-0.39, 0.29) is 17.8 Å². The van der Waals surface area contributed by atoms with Gasteiger partial charge in [-0.3, -0.25) is 15.1 Å². The number of rotatable bonds is 6. The van der Waals surface area contributed by atoms with Crippen molar-refractivity contribution >= 4 is 46.0 Å². The standard InChI is InChI=1S/C31H31ClN6O2S/c1-20-16-21(2)19-35(18-20)27-13-12-24(17-25(27)32)37-30(29(34-31(37)41)26-6-3-4-14-33-26)28-7-5-15-36(28)22-8-10-23(11-9-22)38(39)40/h3-15,17,20-21,29-30H,16,18-19H2,1-2H3,(H,34,41).